The highest BCUT2D eigenvalue weighted by molar-refractivity contribution is 5.82. The predicted molar refractivity (Wildman–Crippen MR) is 93.6 cm³/mol. The highest BCUT2D eigenvalue weighted by Crippen LogP contribution is 2.30. The summed E-state index contributed by atoms with van der Waals surface area (Å²) in [5, 5.41) is 5.95. The summed E-state index contributed by atoms with van der Waals surface area (Å²) in [7, 11) is 0. The first-order valence-electron chi connectivity index (χ1n) is 8.57. The summed E-state index contributed by atoms with van der Waals surface area (Å²) < 4.78 is 38.7. The second-order valence-electron chi connectivity index (χ2n) is 6.73. The van der Waals surface area contributed by atoms with E-state index in [4.69, 9.17) is 0 Å². The number of benzene rings is 2. The number of aryl methyl sites for hydroxylation is 1. The van der Waals surface area contributed by atoms with E-state index < -0.39 is 11.7 Å². The molecule has 1 heterocycles. The molecule has 2 atom stereocenters. The van der Waals surface area contributed by atoms with Gasteiger partial charge in [0.1, 0.15) is 0 Å². The zero-order valence-corrected chi connectivity index (χ0v) is 14.4. The zero-order valence-electron chi connectivity index (χ0n) is 14.4. The van der Waals surface area contributed by atoms with Crippen molar-refractivity contribution in [3.8, 4) is 0 Å². The zero-order chi connectivity index (χ0) is 18.7. The number of hydrogen-bond donors (Lipinski definition) is 2. The van der Waals surface area contributed by atoms with Gasteiger partial charge in [-0.15, -0.1) is 0 Å². The van der Waals surface area contributed by atoms with E-state index in [2.05, 4.69) is 10.6 Å². The van der Waals surface area contributed by atoms with Crippen LogP contribution in [-0.2, 0) is 17.5 Å². The third-order valence-electron chi connectivity index (χ3n) is 4.65. The van der Waals surface area contributed by atoms with Crippen molar-refractivity contribution in [3.05, 3.63) is 70.8 Å². The molecule has 0 spiro atoms. The lowest BCUT2D eigenvalue weighted by Crippen LogP contribution is -2.40. The SMILES string of the molecule is Cc1cc(CNC(=O)[C@@H]2C[C@H](c3ccccc3)CN2)cc(C(F)(F)F)c1. The van der Waals surface area contributed by atoms with E-state index in [-0.39, 0.29) is 24.4 Å². The number of halogens is 3. The Morgan fingerprint density at radius 1 is 1.19 bits per heavy atom. The number of rotatable bonds is 4. The van der Waals surface area contributed by atoms with E-state index in [0.717, 1.165) is 12.1 Å². The molecular formula is C20H21F3N2O. The lowest BCUT2D eigenvalue weighted by molar-refractivity contribution is -0.137. The van der Waals surface area contributed by atoms with Crippen molar-refractivity contribution >= 4 is 5.91 Å². The molecule has 3 nitrogen and oxygen atoms in total. The van der Waals surface area contributed by atoms with Crippen LogP contribution >= 0.6 is 0 Å². The van der Waals surface area contributed by atoms with Crippen molar-refractivity contribution in [1.29, 1.82) is 0 Å². The quantitative estimate of drug-likeness (QED) is 0.869. The molecule has 138 valence electrons. The van der Waals surface area contributed by atoms with Gasteiger partial charge < -0.3 is 10.6 Å². The van der Waals surface area contributed by atoms with Gasteiger partial charge in [-0.1, -0.05) is 42.0 Å². The number of alkyl halides is 3. The summed E-state index contributed by atoms with van der Waals surface area (Å²) in [5.41, 5.74) is 1.46. The molecule has 2 N–H and O–H groups in total. The van der Waals surface area contributed by atoms with Gasteiger partial charge in [-0.3, -0.25) is 4.79 Å². The summed E-state index contributed by atoms with van der Waals surface area (Å²) in [6.45, 7) is 2.41. The van der Waals surface area contributed by atoms with E-state index >= 15 is 0 Å². The van der Waals surface area contributed by atoms with Crippen LogP contribution in [0.25, 0.3) is 0 Å². The highest BCUT2D eigenvalue weighted by Gasteiger charge is 2.32. The fourth-order valence-electron chi connectivity index (χ4n) is 3.36. The second kappa shape index (κ2) is 7.50. The van der Waals surface area contributed by atoms with Gasteiger partial charge >= 0.3 is 6.18 Å². The van der Waals surface area contributed by atoms with Crippen LogP contribution in [0.15, 0.2) is 48.5 Å². The average molecular weight is 362 g/mol. The fraction of sp³-hybridized carbons (Fsp3) is 0.350. The van der Waals surface area contributed by atoms with E-state index in [1.807, 2.05) is 30.3 Å². The van der Waals surface area contributed by atoms with Crippen LogP contribution in [0.5, 0.6) is 0 Å². The van der Waals surface area contributed by atoms with Crippen molar-refractivity contribution in [2.24, 2.45) is 0 Å². The molecule has 26 heavy (non-hydrogen) atoms. The van der Waals surface area contributed by atoms with Gasteiger partial charge in [0.05, 0.1) is 11.6 Å². The Labute approximate surface area is 150 Å². The molecule has 0 bridgehead atoms. The number of nitrogens with one attached hydrogen (secondary N) is 2. The Balaban J connectivity index is 1.59. The van der Waals surface area contributed by atoms with Crippen LogP contribution in [-0.4, -0.2) is 18.5 Å². The molecule has 0 saturated carbocycles. The molecular weight excluding hydrogens is 341 g/mol. The van der Waals surface area contributed by atoms with Crippen LogP contribution < -0.4 is 10.6 Å². The monoisotopic (exact) mass is 362 g/mol. The van der Waals surface area contributed by atoms with Crippen molar-refractivity contribution in [1.82, 2.24) is 10.6 Å². The van der Waals surface area contributed by atoms with Gasteiger partial charge in [-0.2, -0.15) is 13.2 Å². The minimum Gasteiger partial charge on any atom is -0.351 e. The number of carbonyl (C=O) groups excluding carboxylic acids is 1. The van der Waals surface area contributed by atoms with Gasteiger partial charge in [0.25, 0.3) is 0 Å². The smallest absolute Gasteiger partial charge is 0.351 e. The van der Waals surface area contributed by atoms with Crippen LogP contribution in [0.2, 0.25) is 0 Å². The topological polar surface area (TPSA) is 41.1 Å². The van der Waals surface area contributed by atoms with Crippen molar-refractivity contribution in [2.75, 3.05) is 6.54 Å². The maximum absolute atomic E-state index is 12.9. The van der Waals surface area contributed by atoms with E-state index in [1.54, 1.807) is 13.0 Å². The summed E-state index contributed by atoms with van der Waals surface area (Å²) in [5.74, 6) is 0.0845. The molecule has 6 heteroatoms. The van der Waals surface area contributed by atoms with Gasteiger partial charge in [0.2, 0.25) is 5.91 Å². The fourth-order valence-corrected chi connectivity index (χ4v) is 3.36. The molecule has 3 rings (SSSR count). The lowest BCUT2D eigenvalue weighted by atomic mass is 9.96. The Hall–Kier alpha value is -2.34. The lowest BCUT2D eigenvalue weighted by Gasteiger charge is -2.14. The maximum atomic E-state index is 12.9. The van der Waals surface area contributed by atoms with Crippen LogP contribution in [0.4, 0.5) is 13.2 Å². The van der Waals surface area contributed by atoms with Crippen molar-refractivity contribution < 1.29 is 18.0 Å². The molecule has 1 amide bonds. The molecule has 0 aliphatic carbocycles. The Morgan fingerprint density at radius 3 is 2.62 bits per heavy atom. The van der Waals surface area contributed by atoms with E-state index in [1.165, 1.54) is 5.56 Å². The number of amides is 1. The minimum atomic E-state index is -4.39. The predicted octanol–water partition coefficient (Wildman–Crippen LogP) is 3.78. The van der Waals surface area contributed by atoms with Crippen LogP contribution in [0.3, 0.4) is 0 Å². The third-order valence-corrected chi connectivity index (χ3v) is 4.65. The molecule has 0 unspecified atom stereocenters. The molecule has 2 aromatic rings. The van der Waals surface area contributed by atoms with Gasteiger partial charge in [0.15, 0.2) is 0 Å². The largest absolute Gasteiger partial charge is 0.416 e. The Morgan fingerprint density at radius 2 is 1.92 bits per heavy atom. The molecule has 0 radical (unpaired) electrons. The summed E-state index contributed by atoms with van der Waals surface area (Å²) in [4.78, 5) is 12.4. The highest BCUT2D eigenvalue weighted by atomic mass is 19.4. The second-order valence-corrected chi connectivity index (χ2v) is 6.73. The van der Waals surface area contributed by atoms with Crippen LogP contribution in [0, 0.1) is 6.92 Å². The van der Waals surface area contributed by atoms with E-state index in [9.17, 15) is 18.0 Å². The molecule has 1 fully saturated rings. The molecule has 2 aromatic carbocycles. The molecule has 1 saturated heterocycles. The average Bonchev–Trinajstić information content (AvgIpc) is 3.09. The molecule has 0 aromatic heterocycles. The Kier molecular flexibility index (Phi) is 5.32. The summed E-state index contributed by atoms with van der Waals surface area (Å²) in [6.07, 6.45) is -3.71. The van der Waals surface area contributed by atoms with Crippen molar-refractivity contribution in [2.45, 2.75) is 38.0 Å². The number of carbonyl (C=O) groups is 1. The first kappa shape index (κ1) is 18.5. The maximum Gasteiger partial charge on any atom is 0.416 e. The van der Waals surface area contributed by atoms with Gasteiger partial charge in [0, 0.05) is 13.1 Å². The normalized spacial score (nSPS) is 20.2. The summed E-state index contributed by atoms with van der Waals surface area (Å²) in [6, 6.07) is 13.5. The van der Waals surface area contributed by atoms with Gasteiger partial charge in [-0.25, -0.2) is 0 Å². The van der Waals surface area contributed by atoms with Crippen molar-refractivity contribution in [3.63, 3.8) is 0 Å². The van der Waals surface area contributed by atoms with E-state index in [0.29, 0.717) is 24.1 Å². The third kappa shape index (κ3) is 4.43. The first-order chi connectivity index (χ1) is 12.3. The van der Waals surface area contributed by atoms with Crippen LogP contribution in [0.1, 0.15) is 34.6 Å². The molecule has 1 aliphatic heterocycles. The molecule has 1 aliphatic rings. The summed E-state index contributed by atoms with van der Waals surface area (Å²) >= 11 is 0. The standard InChI is InChI=1S/C20H21F3N2O/c1-13-7-14(9-17(8-13)20(21,22)23)11-25-19(26)18-10-16(12-24-18)15-5-3-2-4-6-15/h2-9,16,18,24H,10-12H2,1H3,(H,25,26)/t16-,18-/m0/s1. The minimum absolute atomic E-state index is 0.0811. The Bertz CT molecular complexity index is 774. The van der Waals surface area contributed by atoms with Gasteiger partial charge in [-0.05, 0) is 42.5 Å². The number of hydrogen-bond acceptors (Lipinski definition) is 2. The first-order valence-corrected chi connectivity index (χ1v) is 8.57.